The quantitative estimate of drug-likeness (QED) is 0.320. The molecular weight excluding hydrogens is 256 g/mol. The van der Waals surface area contributed by atoms with E-state index in [0.29, 0.717) is 12.6 Å². The monoisotopic (exact) mass is 280 g/mol. The molecule has 1 rings (SSSR count). The molecule has 6 nitrogen and oxygen atoms in total. The summed E-state index contributed by atoms with van der Waals surface area (Å²) >= 11 is 0. The normalized spacial score (nSPS) is 13.2. The molecule has 0 spiro atoms. The van der Waals surface area contributed by atoms with E-state index in [-0.39, 0.29) is 12.1 Å². The van der Waals surface area contributed by atoms with Crippen LogP contribution in [-0.2, 0) is 4.74 Å². The molecule has 1 aromatic carbocycles. The van der Waals surface area contributed by atoms with Crippen LogP contribution < -0.4 is 21.3 Å². The van der Waals surface area contributed by atoms with Crippen LogP contribution >= 0.6 is 0 Å². The molecule has 0 saturated carbocycles. The predicted molar refractivity (Wildman–Crippen MR) is 81.9 cm³/mol. The van der Waals surface area contributed by atoms with Gasteiger partial charge in [0.15, 0.2) is 0 Å². The van der Waals surface area contributed by atoms with Gasteiger partial charge in [-0.05, 0) is 45.0 Å². The molecule has 1 aromatic rings. The van der Waals surface area contributed by atoms with Gasteiger partial charge in [0.25, 0.3) is 0 Å². The van der Waals surface area contributed by atoms with Crippen molar-refractivity contribution in [1.82, 2.24) is 5.43 Å². The molecule has 1 unspecified atom stereocenters. The summed E-state index contributed by atoms with van der Waals surface area (Å²) in [5.41, 5.74) is 3.42. The number of nitrogens with zero attached hydrogens (tertiary/aromatic N) is 1. The molecule has 0 fully saturated rings. The van der Waals surface area contributed by atoms with Crippen molar-refractivity contribution in [3.63, 3.8) is 0 Å². The van der Waals surface area contributed by atoms with Crippen molar-refractivity contribution in [1.29, 1.82) is 0 Å². The smallest absolute Gasteiger partial charge is 0.210 e. The summed E-state index contributed by atoms with van der Waals surface area (Å²) in [6, 6.07) is 7.63. The van der Waals surface area contributed by atoms with Crippen LogP contribution in [0.2, 0.25) is 0 Å². The van der Waals surface area contributed by atoms with Gasteiger partial charge in [-0.1, -0.05) is 0 Å². The minimum Gasteiger partial charge on any atom is -0.491 e. The van der Waals surface area contributed by atoms with Crippen molar-refractivity contribution in [2.45, 2.75) is 32.9 Å². The zero-order chi connectivity index (χ0) is 15.0. The van der Waals surface area contributed by atoms with Gasteiger partial charge in [-0.3, -0.25) is 5.43 Å². The molecule has 0 saturated heterocycles. The third-order valence-corrected chi connectivity index (χ3v) is 2.38. The number of benzene rings is 1. The number of aliphatic imine (C=N–C) groups is 1. The molecular formula is C14H24N4O2. The number of guanidine groups is 1. The van der Waals surface area contributed by atoms with Crippen molar-refractivity contribution >= 4 is 11.6 Å². The number of hydrogen-bond acceptors (Lipinski definition) is 4. The number of hydrogen-bond donors (Lipinski definition) is 3. The molecule has 112 valence electrons. The van der Waals surface area contributed by atoms with Crippen molar-refractivity contribution in [2.75, 3.05) is 19.0 Å². The molecule has 0 radical (unpaired) electrons. The fourth-order valence-corrected chi connectivity index (χ4v) is 1.63. The van der Waals surface area contributed by atoms with Crippen molar-refractivity contribution in [3.8, 4) is 5.75 Å². The summed E-state index contributed by atoms with van der Waals surface area (Å²) < 4.78 is 10.6. The Balaban J connectivity index is 2.65. The maximum atomic E-state index is 5.58. The van der Waals surface area contributed by atoms with Crippen molar-refractivity contribution in [2.24, 2.45) is 10.8 Å². The van der Waals surface area contributed by atoms with E-state index in [1.165, 1.54) is 0 Å². The fraction of sp³-hybridized carbons (Fsp3) is 0.500. The third-order valence-electron chi connectivity index (χ3n) is 2.38. The van der Waals surface area contributed by atoms with Gasteiger partial charge in [0.2, 0.25) is 5.96 Å². The summed E-state index contributed by atoms with van der Waals surface area (Å²) in [7, 11) is 1.64. The topological polar surface area (TPSA) is 80.9 Å². The summed E-state index contributed by atoms with van der Waals surface area (Å²) in [5.74, 6) is 6.78. The van der Waals surface area contributed by atoms with Gasteiger partial charge in [-0.25, -0.2) is 10.8 Å². The molecule has 4 N–H and O–H groups in total. The van der Waals surface area contributed by atoms with Gasteiger partial charge >= 0.3 is 0 Å². The van der Waals surface area contributed by atoms with Crippen LogP contribution in [0.5, 0.6) is 5.75 Å². The number of anilines is 1. The Morgan fingerprint density at radius 2 is 1.90 bits per heavy atom. The van der Waals surface area contributed by atoms with Gasteiger partial charge in [-0.15, -0.1) is 0 Å². The zero-order valence-corrected chi connectivity index (χ0v) is 12.5. The summed E-state index contributed by atoms with van der Waals surface area (Å²) in [6.07, 6.45) is 0.159. The number of hydrazine groups is 1. The van der Waals surface area contributed by atoms with Gasteiger partial charge in [0.1, 0.15) is 5.75 Å². The Kier molecular flexibility index (Phi) is 6.83. The lowest BCUT2D eigenvalue weighted by Gasteiger charge is -2.13. The third kappa shape index (κ3) is 5.90. The summed E-state index contributed by atoms with van der Waals surface area (Å²) in [4.78, 5) is 4.36. The molecule has 0 amide bonds. The van der Waals surface area contributed by atoms with Crippen LogP contribution in [0.4, 0.5) is 5.69 Å². The number of nitrogens with two attached hydrogens (primary N) is 1. The maximum Gasteiger partial charge on any atom is 0.210 e. The second-order valence-electron chi connectivity index (χ2n) is 4.74. The first-order valence-corrected chi connectivity index (χ1v) is 6.62. The Bertz CT molecular complexity index is 418. The Morgan fingerprint density at radius 1 is 1.25 bits per heavy atom. The van der Waals surface area contributed by atoms with E-state index >= 15 is 0 Å². The first-order valence-electron chi connectivity index (χ1n) is 6.62. The highest BCUT2D eigenvalue weighted by atomic mass is 16.5. The lowest BCUT2D eigenvalue weighted by atomic mass is 10.3. The van der Waals surface area contributed by atoms with Crippen LogP contribution in [-0.4, -0.2) is 31.8 Å². The fourth-order valence-electron chi connectivity index (χ4n) is 1.63. The number of ether oxygens (including phenoxy) is 2. The number of rotatable bonds is 6. The molecule has 0 heterocycles. The highest BCUT2D eigenvalue weighted by molar-refractivity contribution is 5.93. The Labute approximate surface area is 120 Å². The van der Waals surface area contributed by atoms with Gasteiger partial charge in [-0.2, -0.15) is 0 Å². The van der Waals surface area contributed by atoms with Gasteiger partial charge in [0, 0.05) is 12.8 Å². The van der Waals surface area contributed by atoms with Gasteiger partial charge in [0.05, 0.1) is 18.8 Å². The first kappa shape index (κ1) is 16.3. The average molecular weight is 280 g/mol. The van der Waals surface area contributed by atoms with Crippen LogP contribution in [0.25, 0.3) is 0 Å². The summed E-state index contributed by atoms with van der Waals surface area (Å²) in [5, 5.41) is 3.10. The zero-order valence-electron chi connectivity index (χ0n) is 12.5. The van der Waals surface area contributed by atoms with Gasteiger partial charge < -0.3 is 14.8 Å². The van der Waals surface area contributed by atoms with E-state index in [2.05, 4.69) is 15.7 Å². The predicted octanol–water partition coefficient (Wildman–Crippen LogP) is 1.74. The minimum absolute atomic E-state index is 0.0158. The first-order chi connectivity index (χ1) is 9.55. The van der Waals surface area contributed by atoms with Crippen LogP contribution in [0.1, 0.15) is 20.8 Å². The van der Waals surface area contributed by atoms with Crippen molar-refractivity contribution < 1.29 is 9.47 Å². The molecule has 6 heteroatoms. The van der Waals surface area contributed by atoms with E-state index in [4.69, 9.17) is 15.3 Å². The number of nitrogens with one attached hydrogen (secondary N) is 2. The van der Waals surface area contributed by atoms with Crippen molar-refractivity contribution in [3.05, 3.63) is 24.3 Å². The van der Waals surface area contributed by atoms with Crippen LogP contribution in [0.15, 0.2) is 29.3 Å². The average Bonchev–Trinajstić information content (AvgIpc) is 2.40. The highest BCUT2D eigenvalue weighted by Gasteiger charge is 2.03. The molecule has 0 aliphatic carbocycles. The second-order valence-corrected chi connectivity index (χ2v) is 4.74. The maximum absolute atomic E-state index is 5.58. The highest BCUT2D eigenvalue weighted by Crippen LogP contribution is 2.16. The SMILES string of the molecule is COCC(C)N=C(NN)Nc1ccc(OC(C)C)cc1. The minimum atomic E-state index is 0.0158. The van der Waals surface area contributed by atoms with E-state index in [1.54, 1.807) is 7.11 Å². The largest absolute Gasteiger partial charge is 0.491 e. The van der Waals surface area contributed by atoms with E-state index in [9.17, 15) is 0 Å². The van der Waals surface area contributed by atoms with E-state index in [1.807, 2.05) is 45.0 Å². The Morgan fingerprint density at radius 3 is 2.40 bits per heavy atom. The molecule has 1 atom stereocenters. The Hall–Kier alpha value is -1.79. The van der Waals surface area contributed by atoms with Crippen LogP contribution in [0.3, 0.4) is 0 Å². The molecule has 0 aromatic heterocycles. The molecule has 0 aliphatic rings. The lowest BCUT2D eigenvalue weighted by Crippen LogP contribution is -2.37. The molecule has 20 heavy (non-hydrogen) atoms. The van der Waals surface area contributed by atoms with E-state index in [0.717, 1.165) is 11.4 Å². The van der Waals surface area contributed by atoms with Crippen LogP contribution in [0, 0.1) is 0 Å². The molecule has 0 aliphatic heterocycles. The van der Waals surface area contributed by atoms with E-state index < -0.39 is 0 Å². The second kappa shape index (κ2) is 8.39. The standard InChI is InChI=1S/C14H24N4O2/c1-10(2)20-13-7-5-12(6-8-13)17-14(18-15)16-11(3)9-19-4/h5-8,10-11H,9,15H2,1-4H3,(H2,16,17,18). The number of methoxy groups -OCH3 is 1. The molecule has 0 bridgehead atoms. The lowest BCUT2D eigenvalue weighted by molar-refractivity contribution is 0.185. The summed E-state index contributed by atoms with van der Waals surface area (Å²) in [6.45, 7) is 6.47.